The fourth-order valence-corrected chi connectivity index (χ4v) is 1.67. The van der Waals surface area contributed by atoms with E-state index in [0.29, 0.717) is 19.5 Å². The zero-order valence-electron chi connectivity index (χ0n) is 8.32. The Labute approximate surface area is 83.1 Å². The van der Waals surface area contributed by atoms with Gasteiger partial charge in [0.2, 0.25) is 0 Å². The lowest BCUT2D eigenvalue weighted by atomic mass is 10.1. The minimum absolute atomic E-state index is 0.0317. The molecule has 14 heavy (non-hydrogen) atoms. The molecule has 2 N–H and O–H groups in total. The summed E-state index contributed by atoms with van der Waals surface area (Å²) in [7, 11) is 0. The number of carboxylic acids is 1. The summed E-state index contributed by atoms with van der Waals surface area (Å²) in [6.45, 7) is 3.26. The molecule has 0 bridgehead atoms. The first-order valence-electron chi connectivity index (χ1n) is 4.91. The van der Waals surface area contributed by atoms with Gasteiger partial charge in [0, 0.05) is 19.1 Å². The Kier molecular flexibility index (Phi) is 3.73. The van der Waals surface area contributed by atoms with Crippen LogP contribution in [-0.2, 0) is 4.79 Å². The van der Waals surface area contributed by atoms with Crippen molar-refractivity contribution < 1.29 is 14.7 Å². The molecule has 1 saturated heterocycles. The van der Waals surface area contributed by atoms with E-state index in [0.717, 1.165) is 6.42 Å². The zero-order valence-corrected chi connectivity index (χ0v) is 8.32. The predicted molar refractivity (Wildman–Crippen MR) is 51.1 cm³/mol. The van der Waals surface area contributed by atoms with E-state index < -0.39 is 5.97 Å². The Bertz CT molecular complexity index is 230. The standard InChI is InChI=1S/C9H16N2O3/c1-2-7(6-8(12)13)11-5-3-4-10-9(11)14/h7H,2-6H2,1H3,(H,10,14)(H,12,13). The lowest BCUT2D eigenvalue weighted by Gasteiger charge is -2.33. The molecular formula is C9H16N2O3. The number of hydrogen-bond acceptors (Lipinski definition) is 2. The van der Waals surface area contributed by atoms with Crippen LogP contribution in [0.5, 0.6) is 0 Å². The third-order valence-corrected chi connectivity index (χ3v) is 2.44. The summed E-state index contributed by atoms with van der Waals surface area (Å²) < 4.78 is 0. The van der Waals surface area contributed by atoms with Gasteiger partial charge in [0.05, 0.1) is 6.42 Å². The molecular weight excluding hydrogens is 184 g/mol. The Morgan fingerprint density at radius 1 is 1.71 bits per heavy atom. The molecule has 0 spiro atoms. The van der Waals surface area contributed by atoms with Crippen molar-refractivity contribution in [3.8, 4) is 0 Å². The van der Waals surface area contributed by atoms with Crippen LogP contribution < -0.4 is 5.32 Å². The van der Waals surface area contributed by atoms with Gasteiger partial charge in [0.25, 0.3) is 0 Å². The van der Waals surface area contributed by atoms with Crippen molar-refractivity contribution in [2.24, 2.45) is 0 Å². The topological polar surface area (TPSA) is 69.6 Å². The van der Waals surface area contributed by atoms with Crippen molar-refractivity contribution in [1.29, 1.82) is 0 Å². The van der Waals surface area contributed by atoms with Crippen LogP contribution in [0.15, 0.2) is 0 Å². The number of nitrogens with one attached hydrogen (secondary N) is 1. The number of nitrogens with zero attached hydrogens (tertiary/aromatic N) is 1. The van der Waals surface area contributed by atoms with E-state index in [1.54, 1.807) is 4.90 Å². The molecule has 1 aliphatic heterocycles. The fourth-order valence-electron chi connectivity index (χ4n) is 1.67. The van der Waals surface area contributed by atoms with E-state index in [9.17, 15) is 9.59 Å². The van der Waals surface area contributed by atoms with Crippen LogP contribution in [0.3, 0.4) is 0 Å². The molecule has 0 aromatic rings. The van der Waals surface area contributed by atoms with Crippen LogP contribution >= 0.6 is 0 Å². The van der Waals surface area contributed by atoms with Crippen LogP contribution in [-0.4, -0.2) is 41.1 Å². The molecule has 5 heteroatoms. The fraction of sp³-hybridized carbons (Fsp3) is 0.778. The second-order valence-electron chi connectivity index (χ2n) is 3.44. The van der Waals surface area contributed by atoms with Gasteiger partial charge in [-0.15, -0.1) is 0 Å². The highest BCUT2D eigenvalue weighted by atomic mass is 16.4. The van der Waals surface area contributed by atoms with E-state index in [1.807, 2.05) is 6.92 Å². The third-order valence-electron chi connectivity index (χ3n) is 2.44. The molecule has 1 atom stereocenters. The summed E-state index contributed by atoms with van der Waals surface area (Å²) in [6, 6.07) is -0.308. The number of aliphatic carboxylic acids is 1. The second-order valence-corrected chi connectivity index (χ2v) is 3.44. The average Bonchev–Trinajstić information content (AvgIpc) is 2.15. The number of carbonyl (C=O) groups excluding carboxylic acids is 1. The molecule has 1 rings (SSSR count). The molecule has 0 radical (unpaired) electrons. The summed E-state index contributed by atoms with van der Waals surface area (Å²) in [5.41, 5.74) is 0. The molecule has 80 valence electrons. The van der Waals surface area contributed by atoms with Gasteiger partial charge in [-0.2, -0.15) is 0 Å². The molecule has 1 unspecified atom stereocenters. The van der Waals surface area contributed by atoms with E-state index in [4.69, 9.17) is 5.11 Å². The maximum Gasteiger partial charge on any atom is 0.317 e. The first-order valence-corrected chi connectivity index (χ1v) is 4.91. The highest BCUT2D eigenvalue weighted by Gasteiger charge is 2.26. The molecule has 0 saturated carbocycles. The number of amides is 2. The van der Waals surface area contributed by atoms with Gasteiger partial charge in [-0.1, -0.05) is 6.92 Å². The Morgan fingerprint density at radius 2 is 2.43 bits per heavy atom. The highest BCUT2D eigenvalue weighted by molar-refractivity contribution is 5.76. The van der Waals surface area contributed by atoms with E-state index >= 15 is 0 Å². The summed E-state index contributed by atoms with van der Waals surface area (Å²) in [5.74, 6) is -0.852. The number of urea groups is 1. The first-order chi connectivity index (χ1) is 6.65. The summed E-state index contributed by atoms with van der Waals surface area (Å²) >= 11 is 0. The van der Waals surface area contributed by atoms with E-state index in [1.165, 1.54) is 0 Å². The normalized spacial score (nSPS) is 18.9. The van der Waals surface area contributed by atoms with Crippen LogP contribution in [0, 0.1) is 0 Å². The third kappa shape index (κ3) is 2.61. The lowest BCUT2D eigenvalue weighted by molar-refractivity contribution is -0.138. The smallest absolute Gasteiger partial charge is 0.317 e. The minimum atomic E-state index is -0.852. The molecule has 0 aliphatic carbocycles. The number of rotatable bonds is 4. The predicted octanol–water partition coefficient (Wildman–Crippen LogP) is 0.655. The van der Waals surface area contributed by atoms with E-state index in [-0.39, 0.29) is 18.5 Å². The van der Waals surface area contributed by atoms with Crippen molar-refractivity contribution in [3.05, 3.63) is 0 Å². The van der Waals surface area contributed by atoms with Crippen molar-refractivity contribution in [1.82, 2.24) is 10.2 Å². The van der Waals surface area contributed by atoms with Crippen molar-refractivity contribution >= 4 is 12.0 Å². The van der Waals surface area contributed by atoms with Crippen LogP contribution in [0.4, 0.5) is 4.79 Å². The molecule has 0 aromatic heterocycles. The SMILES string of the molecule is CCC(CC(=O)O)N1CCCNC1=O. The van der Waals surface area contributed by atoms with Crippen molar-refractivity contribution in [2.45, 2.75) is 32.2 Å². The van der Waals surface area contributed by atoms with Crippen LogP contribution in [0.1, 0.15) is 26.2 Å². The Morgan fingerprint density at radius 3 is 2.93 bits per heavy atom. The molecule has 1 heterocycles. The number of carboxylic acid groups (broad SMARTS) is 1. The number of carbonyl (C=O) groups is 2. The quantitative estimate of drug-likeness (QED) is 0.700. The van der Waals surface area contributed by atoms with Gasteiger partial charge in [0.1, 0.15) is 0 Å². The van der Waals surface area contributed by atoms with Crippen LogP contribution in [0.2, 0.25) is 0 Å². The van der Waals surface area contributed by atoms with Gasteiger partial charge in [-0.25, -0.2) is 4.79 Å². The molecule has 0 aromatic carbocycles. The largest absolute Gasteiger partial charge is 0.481 e. The maximum atomic E-state index is 11.4. The van der Waals surface area contributed by atoms with Gasteiger partial charge in [0.15, 0.2) is 0 Å². The van der Waals surface area contributed by atoms with Gasteiger partial charge >= 0.3 is 12.0 Å². The van der Waals surface area contributed by atoms with Gasteiger partial charge in [-0.3, -0.25) is 4.79 Å². The summed E-state index contributed by atoms with van der Waals surface area (Å²) in [6.07, 6.45) is 1.60. The summed E-state index contributed by atoms with van der Waals surface area (Å²) in [5, 5.41) is 11.4. The number of hydrogen-bond donors (Lipinski definition) is 2. The molecule has 1 fully saturated rings. The van der Waals surface area contributed by atoms with Gasteiger partial charge in [-0.05, 0) is 12.8 Å². The Balaban J connectivity index is 2.57. The average molecular weight is 200 g/mol. The highest BCUT2D eigenvalue weighted by Crippen LogP contribution is 2.12. The Hall–Kier alpha value is -1.26. The monoisotopic (exact) mass is 200 g/mol. The van der Waals surface area contributed by atoms with E-state index in [2.05, 4.69) is 5.32 Å². The molecule has 2 amide bonds. The lowest BCUT2D eigenvalue weighted by Crippen LogP contribution is -2.51. The second kappa shape index (κ2) is 4.83. The first kappa shape index (κ1) is 10.8. The van der Waals surface area contributed by atoms with Crippen LogP contribution in [0.25, 0.3) is 0 Å². The minimum Gasteiger partial charge on any atom is -0.481 e. The molecule has 5 nitrogen and oxygen atoms in total. The van der Waals surface area contributed by atoms with Crippen molar-refractivity contribution in [3.63, 3.8) is 0 Å². The molecule has 1 aliphatic rings. The zero-order chi connectivity index (χ0) is 10.6. The van der Waals surface area contributed by atoms with Crippen molar-refractivity contribution in [2.75, 3.05) is 13.1 Å². The van der Waals surface area contributed by atoms with Gasteiger partial charge < -0.3 is 15.3 Å². The summed E-state index contributed by atoms with van der Waals surface area (Å²) in [4.78, 5) is 23.6. The maximum absolute atomic E-state index is 11.4.